The first kappa shape index (κ1) is 25.4. The quantitative estimate of drug-likeness (QED) is 0.334. The number of sulfonamides is 1. The number of hydrogen-bond donors (Lipinski definition) is 2. The molecule has 0 heterocycles. The molecule has 0 spiro atoms. The minimum atomic E-state index is -3.76. The van der Waals surface area contributed by atoms with E-state index in [1.807, 2.05) is 6.92 Å². The van der Waals surface area contributed by atoms with Gasteiger partial charge >= 0.3 is 0 Å². The van der Waals surface area contributed by atoms with Crippen molar-refractivity contribution in [3.05, 3.63) is 93.0 Å². The Labute approximate surface area is 208 Å². The second-order valence-corrected chi connectivity index (χ2v) is 11.1. The molecule has 2 N–H and O–H groups in total. The number of amides is 1. The fraction of sp³-hybridized carbons (Fsp3) is 0.208. The van der Waals surface area contributed by atoms with Crippen LogP contribution in [0.15, 0.2) is 65.6 Å². The third-order valence-electron chi connectivity index (χ3n) is 4.92. The number of rotatable bonds is 9. The van der Waals surface area contributed by atoms with Gasteiger partial charge in [0.2, 0.25) is 0 Å². The van der Waals surface area contributed by atoms with Crippen molar-refractivity contribution >= 4 is 56.6 Å². The second-order valence-electron chi connectivity index (χ2n) is 7.46. The first-order chi connectivity index (χ1) is 15.7. The lowest BCUT2D eigenvalue weighted by Crippen LogP contribution is -2.26. The van der Waals surface area contributed by atoms with E-state index in [0.717, 1.165) is 16.7 Å². The number of hydrogen-bond acceptors (Lipinski definition) is 4. The van der Waals surface area contributed by atoms with E-state index >= 15 is 0 Å². The molecule has 5 nitrogen and oxygen atoms in total. The Hall–Kier alpha value is -2.19. The Morgan fingerprint density at radius 2 is 1.64 bits per heavy atom. The molecule has 0 aromatic heterocycles. The van der Waals surface area contributed by atoms with Crippen LogP contribution in [0.2, 0.25) is 10.0 Å². The Morgan fingerprint density at radius 1 is 0.970 bits per heavy atom. The average Bonchev–Trinajstić information content (AvgIpc) is 2.77. The normalized spacial score (nSPS) is 11.3. The number of thioether (sulfide) groups is 1. The van der Waals surface area contributed by atoms with Crippen molar-refractivity contribution < 1.29 is 13.2 Å². The van der Waals surface area contributed by atoms with Gasteiger partial charge in [0, 0.05) is 33.7 Å². The molecular formula is C24H24Cl2N2O3S2. The van der Waals surface area contributed by atoms with Crippen LogP contribution in [-0.2, 0) is 15.8 Å². The number of carbonyl (C=O) groups excluding carboxylic acids is 1. The maximum atomic E-state index is 12.7. The summed E-state index contributed by atoms with van der Waals surface area (Å²) < 4.78 is 28.0. The van der Waals surface area contributed by atoms with Crippen LogP contribution in [0.4, 0.5) is 5.69 Å². The van der Waals surface area contributed by atoms with Gasteiger partial charge in [-0.2, -0.15) is 11.8 Å². The van der Waals surface area contributed by atoms with E-state index in [9.17, 15) is 13.2 Å². The molecule has 1 amide bonds. The highest BCUT2D eigenvalue weighted by Crippen LogP contribution is 2.28. The van der Waals surface area contributed by atoms with Crippen LogP contribution in [0.1, 0.15) is 27.0 Å². The molecule has 3 rings (SSSR count). The molecule has 0 aliphatic carbocycles. The molecule has 0 saturated heterocycles. The van der Waals surface area contributed by atoms with Crippen molar-refractivity contribution in [2.45, 2.75) is 24.5 Å². The highest BCUT2D eigenvalue weighted by Gasteiger charge is 2.16. The molecular weight excluding hydrogens is 499 g/mol. The smallest absolute Gasteiger partial charge is 0.261 e. The van der Waals surface area contributed by atoms with Gasteiger partial charge in [-0.15, -0.1) is 0 Å². The summed E-state index contributed by atoms with van der Waals surface area (Å²) >= 11 is 14.0. The van der Waals surface area contributed by atoms with E-state index in [0.29, 0.717) is 39.3 Å². The third-order valence-corrected chi connectivity index (χ3v) is 7.99. The van der Waals surface area contributed by atoms with Crippen molar-refractivity contribution in [1.29, 1.82) is 0 Å². The van der Waals surface area contributed by atoms with Crippen molar-refractivity contribution in [2.24, 2.45) is 0 Å². The maximum absolute atomic E-state index is 12.7. The zero-order valence-corrected chi connectivity index (χ0v) is 21.3. The molecule has 174 valence electrons. The number of halogens is 2. The summed E-state index contributed by atoms with van der Waals surface area (Å²) in [4.78, 5) is 12.7. The highest BCUT2D eigenvalue weighted by atomic mass is 35.5. The van der Waals surface area contributed by atoms with Crippen molar-refractivity contribution in [3.8, 4) is 0 Å². The number of carbonyl (C=O) groups is 1. The zero-order chi connectivity index (χ0) is 24.0. The maximum Gasteiger partial charge on any atom is 0.261 e. The van der Waals surface area contributed by atoms with Gasteiger partial charge in [-0.3, -0.25) is 9.52 Å². The molecule has 3 aromatic carbocycles. The molecule has 0 aliphatic rings. The lowest BCUT2D eigenvalue weighted by molar-refractivity contribution is 0.0956. The number of benzene rings is 3. The molecule has 9 heteroatoms. The van der Waals surface area contributed by atoms with Crippen LogP contribution >= 0.6 is 35.0 Å². The Bertz CT molecular complexity index is 1230. The number of anilines is 1. The van der Waals surface area contributed by atoms with Crippen LogP contribution in [0, 0.1) is 13.8 Å². The fourth-order valence-electron chi connectivity index (χ4n) is 2.98. The zero-order valence-electron chi connectivity index (χ0n) is 18.2. The first-order valence-electron chi connectivity index (χ1n) is 10.2. The van der Waals surface area contributed by atoms with Gasteiger partial charge in [-0.25, -0.2) is 8.42 Å². The van der Waals surface area contributed by atoms with Crippen LogP contribution in [0.5, 0.6) is 0 Å². The van der Waals surface area contributed by atoms with E-state index in [1.54, 1.807) is 79.3 Å². The van der Waals surface area contributed by atoms with Gasteiger partial charge in [0.05, 0.1) is 10.6 Å². The summed E-state index contributed by atoms with van der Waals surface area (Å²) in [6.45, 7) is 4.12. The van der Waals surface area contributed by atoms with Gasteiger partial charge in [-0.1, -0.05) is 53.0 Å². The summed E-state index contributed by atoms with van der Waals surface area (Å²) in [5.41, 5.74) is 3.31. The summed E-state index contributed by atoms with van der Waals surface area (Å²) in [6.07, 6.45) is 0. The molecule has 3 aromatic rings. The van der Waals surface area contributed by atoms with Crippen LogP contribution in [0.3, 0.4) is 0 Å². The van der Waals surface area contributed by atoms with E-state index in [2.05, 4.69) is 10.0 Å². The predicted octanol–water partition coefficient (Wildman–Crippen LogP) is 6.07. The minimum absolute atomic E-state index is 0.165. The molecule has 33 heavy (non-hydrogen) atoms. The summed E-state index contributed by atoms with van der Waals surface area (Å²) in [5, 5.41) is 4.11. The van der Waals surface area contributed by atoms with Crippen molar-refractivity contribution in [3.63, 3.8) is 0 Å². The highest BCUT2D eigenvalue weighted by molar-refractivity contribution is 7.98. The van der Waals surface area contributed by atoms with E-state index in [1.165, 1.54) is 0 Å². The average molecular weight is 524 g/mol. The fourth-order valence-corrected chi connectivity index (χ4v) is 5.69. The van der Waals surface area contributed by atoms with Gasteiger partial charge in [-0.05, 0) is 61.4 Å². The lowest BCUT2D eigenvalue weighted by Gasteiger charge is -2.13. The van der Waals surface area contributed by atoms with Gasteiger partial charge < -0.3 is 5.32 Å². The molecule has 0 aliphatic heterocycles. The Balaban J connectivity index is 1.58. The van der Waals surface area contributed by atoms with Crippen LogP contribution < -0.4 is 10.0 Å². The lowest BCUT2D eigenvalue weighted by atomic mass is 10.1. The predicted molar refractivity (Wildman–Crippen MR) is 138 cm³/mol. The molecule has 0 fully saturated rings. The third kappa shape index (κ3) is 6.90. The Kier molecular flexibility index (Phi) is 8.70. The van der Waals surface area contributed by atoms with Crippen molar-refractivity contribution in [1.82, 2.24) is 5.32 Å². The topological polar surface area (TPSA) is 75.3 Å². The summed E-state index contributed by atoms with van der Waals surface area (Å²) in [5.74, 6) is 1.04. The molecule has 0 atom stereocenters. The SMILES string of the molecule is Cc1ccc(S(=O)(=O)Nc2cc(C(=O)NCCSCc3c(Cl)cccc3Cl)ccc2C)cc1. The first-order valence-corrected chi connectivity index (χ1v) is 13.6. The monoisotopic (exact) mass is 522 g/mol. The largest absolute Gasteiger partial charge is 0.351 e. The second kappa shape index (κ2) is 11.3. The minimum Gasteiger partial charge on any atom is -0.351 e. The van der Waals surface area contributed by atoms with Gasteiger partial charge in [0.25, 0.3) is 15.9 Å². The van der Waals surface area contributed by atoms with Crippen LogP contribution in [-0.4, -0.2) is 26.6 Å². The van der Waals surface area contributed by atoms with Crippen LogP contribution in [0.25, 0.3) is 0 Å². The Morgan fingerprint density at radius 3 is 2.30 bits per heavy atom. The van der Waals surface area contributed by atoms with E-state index in [4.69, 9.17) is 23.2 Å². The van der Waals surface area contributed by atoms with Crippen molar-refractivity contribution in [2.75, 3.05) is 17.0 Å². The molecule has 0 radical (unpaired) electrons. The molecule has 0 unspecified atom stereocenters. The standard InChI is InChI=1S/C24H24Cl2N2O3S2/c1-16-6-10-19(11-7-16)33(30,31)28-23-14-18(9-8-17(23)2)24(29)27-12-13-32-15-20-21(25)4-3-5-22(20)26/h3-11,14,28H,12-13,15H2,1-2H3,(H,27,29). The van der Waals surface area contributed by atoms with Gasteiger partial charge in [0.1, 0.15) is 0 Å². The number of nitrogens with one attached hydrogen (secondary N) is 2. The molecule has 0 bridgehead atoms. The van der Waals surface area contributed by atoms with E-state index in [-0.39, 0.29) is 10.8 Å². The van der Waals surface area contributed by atoms with Gasteiger partial charge in [0.15, 0.2) is 0 Å². The number of aryl methyl sites for hydroxylation is 2. The molecule has 0 saturated carbocycles. The summed E-state index contributed by atoms with van der Waals surface area (Å²) in [7, 11) is -3.76. The van der Waals surface area contributed by atoms with E-state index < -0.39 is 10.0 Å². The summed E-state index contributed by atoms with van der Waals surface area (Å²) in [6, 6.07) is 16.9.